The van der Waals surface area contributed by atoms with E-state index < -0.39 is 0 Å². The van der Waals surface area contributed by atoms with Crippen LogP contribution < -0.4 is 9.80 Å². The van der Waals surface area contributed by atoms with E-state index in [1.54, 1.807) is 36.4 Å². The van der Waals surface area contributed by atoms with Gasteiger partial charge in [0.15, 0.2) is 0 Å². The molecule has 3 heterocycles. The normalized spacial score (nSPS) is 9.97. The molecule has 0 spiro atoms. The van der Waals surface area contributed by atoms with Crippen molar-refractivity contribution in [1.29, 1.82) is 42.1 Å². The predicted molar refractivity (Wildman–Crippen MR) is 306 cm³/mol. The van der Waals surface area contributed by atoms with Crippen molar-refractivity contribution >= 4 is 90.4 Å². The lowest BCUT2D eigenvalue weighted by Gasteiger charge is -2.25. The maximum Gasteiger partial charge on any atom is 0.138 e. The molecule has 0 aliphatic carbocycles. The van der Waals surface area contributed by atoms with E-state index in [0.29, 0.717) is 20.9 Å². The minimum Gasteiger partial charge on any atom is -0.311 e. The molecule has 0 amide bonds. The maximum absolute atomic E-state index is 10.4. The number of hydrogen-bond donors (Lipinski definition) is 0. The summed E-state index contributed by atoms with van der Waals surface area (Å²) in [5, 5.41) is 83.0. The van der Waals surface area contributed by atoms with Crippen molar-refractivity contribution in [2.75, 3.05) is 9.80 Å². The van der Waals surface area contributed by atoms with Gasteiger partial charge in [0.1, 0.15) is 70.8 Å². The van der Waals surface area contributed by atoms with Crippen LogP contribution in [0.5, 0.6) is 0 Å². The largest absolute Gasteiger partial charge is 0.311 e. The molecule has 13 heteroatoms. The number of thiophene rings is 3. The molecule has 0 N–H and O–H groups in total. The summed E-state index contributed by atoms with van der Waals surface area (Å²) in [6, 6.07) is 81.1. The highest BCUT2D eigenvalue weighted by Gasteiger charge is 2.26. The number of benzene rings is 6. The van der Waals surface area contributed by atoms with E-state index in [0.717, 1.165) is 53.6 Å². The number of hydrogen-bond acceptors (Lipinski definition) is 13. The Kier molecular flexibility index (Phi) is 15.6. The van der Waals surface area contributed by atoms with Gasteiger partial charge in [-0.05, 0) is 120 Å². The molecule has 0 bridgehead atoms. The Balaban J connectivity index is 1.05. The van der Waals surface area contributed by atoms with Crippen LogP contribution in [0.4, 0.5) is 34.1 Å². The average Bonchev–Trinajstić information content (AvgIpc) is 4.31. The van der Waals surface area contributed by atoms with Gasteiger partial charge in [0.25, 0.3) is 0 Å². The van der Waals surface area contributed by atoms with E-state index >= 15 is 0 Å². The molecule has 0 aliphatic heterocycles. The quantitative estimate of drug-likeness (QED) is 0.0746. The topological polar surface area (TPSA) is 197 Å². The van der Waals surface area contributed by atoms with Crippen LogP contribution >= 0.6 is 34.0 Å². The highest BCUT2D eigenvalue weighted by Crippen LogP contribution is 2.48. The minimum absolute atomic E-state index is 0.150. The molecule has 77 heavy (non-hydrogen) atoms. The summed E-state index contributed by atoms with van der Waals surface area (Å²) < 4.78 is 0. The first-order chi connectivity index (χ1) is 37.9. The fourth-order valence-corrected chi connectivity index (χ4v) is 12.0. The van der Waals surface area contributed by atoms with Gasteiger partial charge >= 0.3 is 0 Å². The molecule has 9 aromatic rings. The van der Waals surface area contributed by atoms with Gasteiger partial charge in [0.05, 0.1) is 0 Å². The van der Waals surface area contributed by atoms with Gasteiger partial charge in [0, 0.05) is 85.7 Å². The molecule has 0 atom stereocenters. The Bertz CT molecular complexity index is 3750. The van der Waals surface area contributed by atoms with Gasteiger partial charge in [-0.15, -0.1) is 34.0 Å². The highest BCUT2D eigenvalue weighted by molar-refractivity contribution is 7.27. The van der Waals surface area contributed by atoms with Crippen molar-refractivity contribution < 1.29 is 0 Å². The highest BCUT2D eigenvalue weighted by atomic mass is 32.1. The Labute approximate surface area is 457 Å². The summed E-state index contributed by atoms with van der Waals surface area (Å²) in [5.74, 6) is 0. The van der Waals surface area contributed by atoms with E-state index in [1.165, 1.54) is 34.0 Å². The van der Waals surface area contributed by atoms with Gasteiger partial charge in [-0.25, -0.2) is 0 Å². The van der Waals surface area contributed by atoms with Crippen LogP contribution in [0, 0.1) is 90.6 Å². The first-order valence-electron chi connectivity index (χ1n) is 23.4. The lowest BCUT2D eigenvalue weighted by atomic mass is 9.89. The zero-order valence-electron chi connectivity index (χ0n) is 40.3. The summed E-state index contributed by atoms with van der Waals surface area (Å²) in [5.41, 5.74) is 5.69. The van der Waals surface area contributed by atoms with E-state index in [4.69, 9.17) is 0 Å². The number of allylic oxidation sites excluding steroid dienone is 8. The molecular weight excluding hydrogens is 1000 g/mol. The third kappa shape index (κ3) is 10.6. The van der Waals surface area contributed by atoms with Crippen LogP contribution in [0.1, 0.15) is 20.9 Å². The molecule has 0 fully saturated rings. The number of para-hydroxylation sites is 4. The lowest BCUT2D eigenvalue weighted by Crippen LogP contribution is -2.09. The lowest BCUT2D eigenvalue weighted by molar-refractivity contribution is 1.28. The molecule has 0 saturated heterocycles. The van der Waals surface area contributed by atoms with Crippen LogP contribution in [0.15, 0.2) is 229 Å². The van der Waals surface area contributed by atoms with Crippen LogP contribution in [-0.4, -0.2) is 0 Å². The fourth-order valence-electron chi connectivity index (χ4n) is 8.69. The Morgan fingerprint density at radius 2 is 0.481 bits per heavy atom. The first-order valence-corrected chi connectivity index (χ1v) is 25.8. The van der Waals surface area contributed by atoms with Crippen LogP contribution in [0.2, 0.25) is 0 Å². The molecule has 0 saturated carbocycles. The second-order valence-electron chi connectivity index (χ2n) is 16.5. The van der Waals surface area contributed by atoms with E-state index in [1.807, 2.05) is 218 Å². The summed E-state index contributed by atoms with van der Waals surface area (Å²) in [7, 11) is 0. The monoisotopic (exact) mass is 1040 g/mol. The zero-order valence-corrected chi connectivity index (χ0v) is 42.8. The summed E-state index contributed by atoms with van der Waals surface area (Å²) >= 11 is 4.05. The van der Waals surface area contributed by atoms with Crippen LogP contribution in [-0.2, 0) is 0 Å². The summed E-state index contributed by atoms with van der Waals surface area (Å²) in [6.45, 7) is 0. The standard InChI is InChI=1S/C64H34N10S3/c65-35-45(36-66)61(43-21-25-53(26-22-43)73(49-13-5-1-6-14-49)50-15-7-2-8-16-50)63(47(39-69)40-70)59-33-31-57(76-59)55-29-30-56(75-55)58-32-34-60(77-58)64(48(41-71)42-72)62(46(37-67)38-68)44-23-27-54(28-24-44)74(51-17-9-3-10-18-51)52-19-11-4-12-20-52/h1-34H. The fraction of sp³-hybridized carbons (Fsp3) is 0. The SMILES string of the molecule is N#CC(C#N)=C(C(=C(C#N)C#N)c1ccc(-c2ccc(-c3ccc(C(=C(C#N)C#N)C(=C(C#N)C#N)c4ccc(N(c5ccccc5)c5ccccc5)cc4)s3)s2)s1)c1ccc(N(c2ccccc2)c2ccccc2)cc1. The molecule has 358 valence electrons. The Morgan fingerprint density at radius 1 is 0.247 bits per heavy atom. The van der Waals surface area contributed by atoms with Crippen molar-refractivity contribution in [1.82, 2.24) is 0 Å². The third-order valence-corrected chi connectivity index (χ3v) is 15.8. The van der Waals surface area contributed by atoms with Crippen molar-refractivity contribution in [3.05, 3.63) is 249 Å². The third-order valence-electron chi connectivity index (χ3n) is 12.1. The van der Waals surface area contributed by atoms with Crippen molar-refractivity contribution in [3.8, 4) is 68.1 Å². The number of nitriles is 8. The first kappa shape index (κ1) is 50.8. The van der Waals surface area contributed by atoms with Gasteiger partial charge in [0.2, 0.25) is 0 Å². The summed E-state index contributed by atoms with van der Waals surface area (Å²) in [6.07, 6.45) is 0. The van der Waals surface area contributed by atoms with Crippen LogP contribution in [0.25, 0.3) is 41.8 Å². The van der Waals surface area contributed by atoms with Gasteiger partial charge in [-0.3, -0.25) is 0 Å². The molecule has 0 unspecified atom stereocenters. The predicted octanol–water partition coefficient (Wildman–Crippen LogP) is 16.7. The van der Waals surface area contributed by atoms with Crippen molar-refractivity contribution in [2.45, 2.75) is 0 Å². The Hall–Kier alpha value is -11.1. The van der Waals surface area contributed by atoms with E-state index in [9.17, 15) is 42.1 Å². The van der Waals surface area contributed by atoms with Crippen molar-refractivity contribution in [2.24, 2.45) is 0 Å². The van der Waals surface area contributed by atoms with Crippen LogP contribution in [0.3, 0.4) is 0 Å². The zero-order chi connectivity index (χ0) is 53.7. The number of rotatable bonds is 14. The molecule has 6 aromatic carbocycles. The van der Waals surface area contributed by atoms with Gasteiger partial charge in [-0.2, -0.15) is 42.1 Å². The number of nitrogens with zero attached hydrogens (tertiary/aromatic N) is 10. The van der Waals surface area contributed by atoms with Crippen molar-refractivity contribution in [3.63, 3.8) is 0 Å². The molecule has 9 rings (SSSR count). The maximum atomic E-state index is 10.4. The molecular formula is C64H34N10S3. The number of anilines is 6. The minimum atomic E-state index is -0.270. The summed E-state index contributed by atoms with van der Waals surface area (Å²) in [4.78, 5) is 8.35. The Morgan fingerprint density at radius 3 is 0.753 bits per heavy atom. The second kappa shape index (κ2) is 23.6. The molecule has 0 aliphatic rings. The molecule has 10 nitrogen and oxygen atoms in total. The molecule has 3 aromatic heterocycles. The van der Waals surface area contributed by atoms with Gasteiger partial charge in [-0.1, -0.05) is 97.1 Å². The van der Waals surface area contributed by atoms with E-state index in [2.05, 4.69) is 9.80 Å². The molecule has 0 radical (unpaired) electrons. The second-order valence-corrected chi connectivity index (χ2v) is 19.7. The smallest absolute Gasteiger partial charge is 0.138 e. The van der Waals surface area contributed by atoms with E-state index in [-0.39, 0.29) is 44.6 Å². The average molecular weight is 1040 g/mol. The van der Waals surface area contributed by atoms with Gasteiger partial charge < -0.3 is 9.80 Å².